The fourth-order valence-corrected chi connectivity index (χ4v) is 1.27. The minimum absolute atomic E-state index is 0.670. The van der Waals surface area contributed by atoms with Gasteiger partial charge < -0.3 is 0 Å². The summed E-state index contributed by atoms with van der Waals surface area (Å²) in [6, 6.07) is 9.70. The van der Waals surface area contributed by atoms with Crippen molar-refractivity contribution in [1.82, 2.24) is 10.3 Å². The van der Waals surface area contributed by atoms with Crippen molar-refractivity contribution >= 4 is 11.4 Å². The highest BCUT2D eigenvalue weighted by Crippen LogP contribution is 2.07. The molecular formula is C11H12N4O. The fourth-order valence-electron chi connectivity index (χ4n) is 1.27. The van der Waals surface area contributed by atoms with E-state index in [0.717, 1.165) is 17.1 Å². The number of hydrogen-bond donors (Lipinski definition) is 1. The molecule has 0 aliphatic carbocycles. The molecule has 0 unspecified atom stereocenters. The van der Waals surface area contributed by atoms with Gasteiger partial charge in [-0.3, -0.25) is 5.43 Å². The molecule has 0 radical (unpaired) electrons. The normalized spacial score (nSPS) is 11.5. The predicted molar refractivity (Wildman–Crippen MR) is 61.3 cm³/mol. The molecule has 5 nitrogen and oxygen atoms in total. The molecular weight excluding hydrogens is 204 g/mol. The van der Waals surface area contributed by atoms with Crippen LogP contribution < -0.4 is 5.43 Å². The lowest BCUT2D eigenvalue weighted by molar-refractivity contribution is 0.304. The van der Waals surface area contributed by atoms with Gasteiger partial charge in [-0.15, -0.1) is 0 Å². The Morgan fingerprint density at radius 3 is 2.62 bits per heavy atom. The molecule has 0 aliphatic heterocycles. The Kier molecular flexibility index (Phi) is 2.95. The first-order valence-electron chi connectivity index (χ1n) is 4.92. The molecule has 0 saturated carbocycles. The van der Waals surface area contributed by atoms with Gasteiger partial charge in [0, 0.05) is 0 Å². The topological polar surface area (TPSA) is 63.3 Å². The summed E-state index contributed by atoms with van der Waals surface area (Å²) in [5.74, 6) is 0. The quantitative estimate of drug-likeness (QED) is 0.631. The molecule has 2 rings (SSSR count). The average Bonchev–Trinajstić information content (AvgIpc) is 2.74. The number of aryl methyl sites for hydroxylation is 1. The van der Waals surface area contributed by atoms with Crippen LogP contribution >= 0.6 is 0 Å². The largest absolute Gasteiger partial charge is 0.278 e. The van der Waals surface area contributed by atoms with E-state index in [2.05, 4.69) is 25.5 Å². The van der Waals surface area contributed by atoms with Crippen LogP contribution in [-0.4, -0.2) is 16.0 Å². The first kappa shape index (κ1) is 10.4. The van der Waals surface area contributed by atoms with Crippen molar-refractivity contribution < 1.29 is 4.63 Å². The summed E-state index contributed by atoms with van der Waals surface area (Å²) in [5, 5.41) is 11.7. The van der Waals surface area contributed by atoms with Gasteiger partial charge >= 0.3 is 0 Å². The van der Waals surface area contributed by atoms with Crippen LogP contribution in [0.4, 0.5) is 5.69 Å². The van der Waals surface area contributed by atoms with E-state index in [1.165, 1.54) is 0 Å². The van der Waals surface area contributed by atoms with E-state index in [1.807, 2.05) is 44.2 Å². The maximum absolute atomic E-state index is 4.61. The number of hydrogen-bond acceptors (Lipinski definition) is 5. The Hall–Kier alpha value is -2.17. The fraction of sp³-hybridized carbons (Fsp3) is 0.182. The zero-order chi connectivity index (χ0) is 11.4. The Morgan fingerprint density at radius 1 is 1.25 bits per heavy atom. The van der Waals surface area contributed by atoms with E-state index in [1.54, 1.807) is 0 Å². The van der Waals surface area contributed by atoms with E-state index in [-0.39, 0.29) is 0 Å². The molecule has 0 fully saturated rings. The number of anilines is 1. The lowest BCUT2D eigenvalue weighted by Crippen LogP contribution is -2.01. The van der Waals surface area contributed by atoms with Crippen molar-refractivity contribution in [2.24, 2.45) is 5.10 Å². The maximum Gasteiger partial charge on any atom is 0.153 e. The van der Waals surface area contributed by atoms with Gasteiger partial charge in [0.15, 0.2) is 5.69 Å². The van der Waals surface area contributed by atoms with E-state index < -0.39 is 0 Å². The number of benzene rings is 1. The number of nitrogens with one attached hydrogen (secondary N) is 1. The summed E-state index contributed by atoms with van der Waals surface area (Å²) >= 11 is 0. The second kappa shape index (κ2) is 4.57. The van der Waals surface area contributed by atoms with Gasteiger partial charge in [-0.1, -0.05) is 23.4 Å². The molecule has 1 aromatic heterocycles. The Labute approximate surface area is 93.1 Å². The van der Waals surface area contributed by atoms with Crippen LogP contribution in [0.5, 0.6) is 0 Å². The summed E-state index contributed by atoms with van der Waals surface area (Å²) in [6.45, 7) is 3.68. The number of aromatic nitrogens is 2. The third kappa shape index (κ3) is 2.25. The molecule has 0 bridgehead atoms. The Bertz CT molecular complexity index is 490. The van der Waals surface area contributed by atoms with E-state index in [0.29, 0.717) is 5.69 Å². The molecule has 0 saturated heterocycles. The highest BCUT2D eigenvalue weighted by molar-refractivity contribution is 5.97. The third-order valence-electron chi connectivity index (χ3n) is 2.12. The Balaban J connectivity index is 2.12. The first-order chi connectivity index (χ1) is 7.77. The average molecular weight is 216 g/mol. The predicted octanol–water partition coefficient (Wildman–Crippen LogP) is 2.21. The van der Waals surface area contributed by atoms with Gasteiger partial charge in [-0.25, -0.2) is 4.63 Å². The molecule has 0 atom stereocenters. The lowest BCUT2D eigenvalue weighted by atomic mass is 10.2. The van der Waals surface area contributed by atoms with Crippen LogP contribution in [0.1, 0.15) is 18.3 Å². The number of rotatable bonds is 3. The third-order valence-corrected chi connectivity index (χ3v) is 2.12. The highest BCUT2D eigenvalue weighted by atomic mass is 16.6. The van der Waals surface area contributed by atoms with Crippen LogP contribution in [0.15, 0.2) is 40.1 Å². The van der Waals surface area contributed by atoms with Gasteiger partial charge in [-0.05, 0) is 31.1 Å². The molecule has 1 aromatic carbocycles. The second-order valence-electron chi connectivity index (χ2n) is 3.37. The van der Waals surface area contributed by atoms with Crippen LogP contribution in [0.25, 0.3) is 0 Å². The van der Waals surface area contributed by atoms with Gasteiger partial charge in [0.25, 0.3) is 0 Å². The van der Waals surface area contributed by atoms with Crippen molar-refractivity contribution in [3.8, 4) is 0 Å². The molecule has 5 heteroatoms. The molecule has 16 heavy (non-hydrogen) atoms. The minimum Gasteiger partial charge on any atom is -0.278 e. The number of nitrogens with zero attached hydrogens (tertiary/aromatic N) is 3. The van der Waals surface area contributed by atoms with Crippen LogP contribution in [-0.2, 0) is 0 Å². The van der Waals surface area contributed by atoms with Crippen molar-refractivity contribution in [3.05, 3.63) is 41.7 Å². The SMILES string of the molecule is C/C(=N\Nc1ccccc1)c1nonc1C. The maximum atomic E-state index is 4.61. The zero-order valence-electron chi connectivity index (χ0n) is 9.14. The van der Waals surface area contributed by atoms with Crippen molar-refractivity contribution in [2.45, 2.75) is 13.8 Å². The molecule has 2 aromatic rings. The van der Waals surface area contributed by atoms with E-state index in [9.17, 15) is 0 Å². The van der Waals surface area contributed by atoms with Gasteiger partial charge in [0.2, 0.25) is 0 Å². The van der Waals surface area contributed by atoms with E-state index in [4.69, 9.17) is 0 Å². The summed E-state index contributed by atoms with van der Waals surface area (Å²) in [4.78, 5) is 0. The molecule has 0 amide bonds. The highest BCUT2D eigenvalue weighted by Gasteiger charge is 2.07. The molecule has 82 valence electrons. The van der Waals surface area contributed by atoms with Gasteiger partial charge in [0.1, 0.15) is 5.69 Å². The Morgan fingerprint density at radius 2 is 2.00 bits per heavy atom. The molecule has 1 heterocycles. The summed E-state index contributed by atoms with van der Waals surface area (Å²) in [7, 11) is 0. The van der Waals surface area contributed by atoms with Crippen molar-refractivity contribution in [3.63, 3.8) is 0 Å². The zero-order valence-corrected chi connectivity index (χ0v) is 9.14. The van der Waals surface area contributed by atoms with Crippen LogP contribution in [0, 0.1) is 6.92 Å². The van der Waals surface area contributed by atoms with Gasteiger partial charge in [0.05, 0.1) is 11.4 Å². The van der Waals surface area contributed by atoms with Crippen molar-refractivity contribution in [1.29, 1.82) is 0 Å². The van der Waals surface area contributed by atoms with Gasteiger partial charge in [-0.2, -0.15) is 5.10 Å². The smallest absolute Gasteiger partial charge is 0.153 e. The molecule has 0 spiro atoms. The van der Waals surface area contributed by atoms with E-state index >= 15 is 0 Å². The standard InChI is InChI=1S/C11H12N4O/c1-8(11-9(2)14-16-15-11)12-13-10-6-4-3-5-7-10/h3-7,13H,1-2H3/b12-8+. The minimum atomic E-state index is 0.670. The molecule has 1 N–H and O–H groups in total. The second-order valence-corrected chi connectivity index (χ2v) is 3.37. The first-order valence-corrected chi connectivity index (χ1v) is 4.92. The summed E-state index contributed by atoms with van der Waals surface area (Å²) in [6.07, 6.45) is 0. The number of hydrazone groups is 1. The lowest BCUT2D eigenvalue weighted by Gasteiger charge is -2.00. The van der Waals surface area contributed by atoms with Crippen LogP contribution in [0.2, 0.25) is 0 Å². The number of para-hydroxylation sites is 1. The molecule has 0 aliphatic rings. The summed E-state index contributed by atoms with van der Waals surface area (Å²) in [5.41, 5.74) is 6.01. The van der Waals surface area contributed by atoms with Crippen molar-refractivity contribution in [2.75, 3.05) is 5.43 Å². The monoisotopic (exact) mass is 216 g/mol. The summed E-state index contributed by atoms with van der Waals surface area (Å²) < 4.78 is 4.61. The van der Waals surface area contributed by atoms with Crippen LogP contribution in [0.3, 0.4) is 0 Å².